The van der Waals surface area contributed by atoms with Crippen molar-refractivity contribution in [1.82, 2.24) is 4.90 Å². The van der Waals surface area contributed by atoms with Crippen LogP contribution in [0.1, 0.15) is 32.6 Å². The Balaban J connectivity index is 1.80. The number of nitrogen functional groups attached to an aromatic ring is 1. The number of hydrogen-bond donors (Lipinski definition) is 1. The number of nitrogens with two attached hydrogens (primary N) is 1. The van der Waals surface area contributed by atoms with E-state index < -0.39 is 0 Å². The van der Waals surface area contributed by atoms with E-state index in [0.29, 0.717) is 6.04 Å². The molecule has 4 nitrogen and oxygen atoms in total. The SMILES string of the molecule is CCCOc1cccc(N2CCC3CCC(C2)N3C)c1N. The molecule has 116 valence electrons. The number of rotatable bonds is 4. The molecule has 0 radical (unpaired) electrons. The van der Waals surface area contributed by atoms with E-state index in [9.17, 15) is 0 Å². The van der Waals surface area contributed by atoms with Crippen LogP contribution in [0, 0.1) is 0 Å². The number of benzene rings is 1. The number of anilines is 2. The maximum Gasteiger partial charge on any atom is 0.144 e. The van der Waals surface area contributed by atoms with E-state index in [4.69, 9.17) is 10.5 Å². The van der Waals surface area contributed by atoms with E-state index in [-0.39, 0.29) is 0 Å². The number of ether oxygens (including phenoxy) is 1. The van der Waals surface area contributed by atoms with E-state index in [1.54, 1.807) is 0 Å². The normalized spacial score (nSPS) is 25.9. The fraction of sp³-hybridized carbons (Fsp3) is 0.647. The van der Waals surface area contributed by atoms with Crippen LogP contribution in [0.15, 0.2) is 18.2 Å². The van der Waals surface area contributed by atoms with Crippen molar-refractivity contribution in [3.05, 3.63) is 18.2 Å². The van der Waals surface area contributed by atoms with Crippen molar-refractivity contribution in [3.8, 4) is 5.75 Å². The molecule has 0 aromatic heterocycles. The van der Waals surface area contributed by atoms with Gasteiger partial charge in [-0.2, -0.15) is 0 Å². The lowest BCUT2D eigenvalue weighted by atomic mass is 10.1. The Kier molecular flexibility index (Phi) is 4.24. The van der Waals surface area contributed by atoms with E-state index in [1.165, 1.54) is 19.3 Å². The van der Waals surface area contributed by atoms with Gasteiger partial charge in [0.2, 0.25) is 0 Å². The van der Waals surface area contributed by atoms with Crippen molar-refractivity contribution in [3.63, 3.8) is 0 Å². The lowest BCUT2D eigenvalue weighted by molar-refractivity contribution is 0.254. The van der Waals surface area contributed by atoms with Crippen molar-refractivity contribution < 1.29 is 4.74 Å². The number of likely N-dealkylation sites (N-methyl/N-ethyl adjacent to an activating group) is 1. The third kappa shape index (κ3) is 2.82. The first kappa shape index (κ1) is 14.5. The molecule has 2 heterocycles. The van der Waals surface area contributed by atoms with E-state index >= 15 is 0 Å². The third-order valence-corrected chi connectivity index (χ3v) is 4.99. The first-order chi connectivity index (χ1) is 10.2. The second-order valence-corrected chi connectivity index (χ2v) is 6.32. The van der Waals surface area contributed by atoms with Gasteiger partial charge in [-0.25, -0.2) is 0 Å². The zero-order valence-electron chi connectivity index (χ0n) is 13.2. The van der Waals surface area contributed by atoms with Crippen LogP contribution in [0.5, 0.6) is 5.75 Å². The van der Waals surface area contributed by atoms with Crippen LogP contribution in [0.25, 0.3) is 0 Å². The molecule has 2 bridgehead atoms. The smallest absolute Gasteiger partial charge is 0.144 e. The standard InChI is InChI=1S/C17H27N3O/c1-3-11-21-16-6-4-5-15(17(16)18)20-10-9-13-7-8-14(12-20)19(13)2/h4-6,13-14H,3,7-12,18H2,1-2H3. The summed E-state index contributed by atoms with van der Waals surface area (Å²) < 4.78 is 5.77. The molecule has 2 aliphatic rings. The summed E-state index contributed by atoms with van der Waals surface area (Å²) in [5.74, 6) is 0.831. The van der Waals surface area contributed by atoms with Gasteiger partial charge in [-0.3, -0.25) is 4.90 Å². The van der Waals surface area contributed by atoms with Crippen molar-refractivity contribution in [2.75, 3.05) is 37.4 Å². The average Bonchev–Trinajstić information content (AvgIpc) is 2.72. The Hall–Kier alpha value is -1.42. The summed E-state index contributed by atoms with van der Waals surface area (Å²) in [4.78, 5) is 5.02. The predicted octanol–water partition coefficient (Wildman–Crippen LogP) is 2.73. The van der Waals surface area contributed by atoms with Crippen LogP contribution in [0.4, 0.5) is 11.4 Å². The minimum absolute atomic E-state index is 0.664. The van der Waals surface area contributed by atoms with Crippen LogP contribution in [-0.4, -0.2) is 43.7 Å². The summed E-state index contributed by atoms with van der Waals surface area (Å²) in [6, 6.07) is 7.58. The first-order valence-electron chi connectivity index (χ1n) is 8.19. The molecule has 3 rings (SSSR count). The Morgan fingerprint density at radius 1 is 1.24 bits per heavy atom. The number of para-hydroxylation sites is 1. The number of hydrogen-bond acceptors (Lipinski definition) is 4. The second kappa shape index (κ2) is 6.14. The molecule has 0 spiro atoms. The summed E-state index contributed by atoms with van der Waals surface area (Å²) in [6.45, 7) is 5.00. The maximum atomic E-state index is 6.36. The van der Waals surface area contributed by atoms with Crippen LogP contribution in [0.2, 0.25) is 0 Å². The summed E-state index contributed by atoms with van der Waals surface area (Å²) in [5.41, 5.74) is 8.30. The molecule has 0 amide bonds. The summed E-state index contributed by atoms with van der Waals surface area (Å²) >= 11 is 0. The molecular weight excluding hydrogens is 262 g/mol. The van der Waals surface area contributed by atoms with E-state index in [2.05, 4.69) is 35.9 Å². The van der Waals surface area contributed by atoms with Crippen molar-refractivity contribution in [1.29, 1.82) is 0 Å². The summed E-state index contributed by atoms with van der Waals surface area (Å²) in [6.07, 6.45) is 4.89. The number of fused-ring (bicyclic) bond motifs is 2. The molecule has 2 fully saturated rings. The van der Waals surface area contributed by atoms with Crippen LogP contribution < -0.4 is 15.4 Å². The predicted molar refractivity (Wildman–Crippen MR) is 88.0 cm³/mol. The molecule has 0 aliphatic carbocycles. The quantitative estimate of drug-likeness (QED) is 0.865. The zero-order chi connectivity index (χ0) is 14.8. The molecular formula is C17H27N3O. The largest absolute Gasteiger partial charge is 0.491 e. The molecule has 2 N–H and O–H groups in total. The van der Waals surface area contributed by atoms with E-state index in [1.807, 2.05) is 6.07 Å². The molecule has 0 saturated carbocycles. The fourth-order valence-electron chi connectivity index (χ4n) is 3.67. The van der Waals surface area contributed by atoms with Crippen LogP contribution in [0.3, 0.4) is 0 Å². The minimum atomic E-state index is 0.664. The number of nitrogens with zero attached hydrogens (tertiary/aromatic N) is 2. The van der Waals surface area contributed by atoms with Gasteiger partial charge in [-0.05, 0) is 44.9 Å². The molecule has 2 unspecified atom stereocenters. The maximum absolute atomic E-state index is 6.36. The Labute approximate surface area is 127 Å². The molecule has 2 aliphatic heterocycles. The highest BCUT2D eigenvalue weighted by Crippen LogP contribution is 2.36. The lowest BCUT2D eigenvalue weighted by Gasteiger charge is -2.29. The second-order valence-electron chi connectivity index (χ2n) is 6.32. The fourth-order valence-corrected chi connectivity index (χ4v) is 3.67. The van der Waals surface area contributed by atoms with Crippen molar-refractivity contribution in [2.24, 2.45) is 0 Å². The molecule has 1 aromatic rings. The van der Waals surface area contributed by atoms with Gasteiger partial charge in [0.15, 0.2) is 0 Å². The Morgan fingerprint density at radius 2 is 2.05 bits per heavy atom. The van der Waals surface area contributed by atoms with Gasteiger partial charge in [0.25, 0.3) is 0 Å². The molecule has 4 heteroatoms. The van der Waals surface area contributed by atoms with Gasteiger partial charge in [-0.15, -0.1) is 0 Å². The van der Waals surface area contributed by atoms with Crippen LogP contribution in [-0.2, 0) is 0 Å². The molecule has 2 atom stereocenters. The Bertz CT molecular complexity index is 491. The highest BCUT2D eigenvalue weighted by molar-refractivity contribution is 5.74. The lowest BCUT2D eigenvalue weighted by Crippen LogP contribution is -2.36. The molecule has 1 aromatic carbocycles. The Morgan fingerprint density at radius 3 is 2.86 bits per heavy atom. The van der Waals surface area contributed by atoms with Crippen molar-refractivity contribution in [2.45, 2.75) is 44.7 Å². The topological polar surface area (TPSA) is 41.7 Å². The van der Waals surface area contributed by atoms with Gasteiger partial charge in [-0.1, -0.05) is 13.0 Å². The minimum Gasteiger partial charge on any atom is -0.491 e. The van der Waals surface area contributed by atoms with Crippen molar-refractivity contribution >= 4 is 11.4 Å². The van der Waals surface area contributed by atoms with Gasteiger partial charge in [0.05, 0.1) is 18.0 Å². The average molecular weight is 289 g/mol. The monoisotopic (exact) mass is 289 g/mol. The highest BCUT2D eigenvalue weighted by atomic mass is 16.5. The van der Waals surface area contributed by atoms with Gasteiger partial charge >= 0.3 is 0 Å². The van der Waals surface area contributed by atoms with Gasteiger partial charge in [0.1, 0.15) is 5.75 Å². The van der Waals surface area contributed by atoms with Gasteiger partial charge in [0, 0.05) is 25.2 Å². The van der Waals surface area contributed by atoms with E-state index in [0.717, 1.165) is 49.3 Å². The highest BCUT2D eigenvalue weighted by Gasteiger charge is 2.35. The van der Waals surface area contributed by atoms with Gasteiger partial charge < -0.3 is 15.4 Å². The third-order valence-electron chi connectivity index (χ3n) is 4.99. The summed E-state index contributed by atoms with van der Waals surface area (Å²) in [5, 5.41) is 0. The summed E-state index contributed by atoms with van der Waals surface area (Å²) in [7, 11) is 2.27. The molecule has 2 saturated heterocycles. The first-order valence-corrected chi connectivity index (χ1v) is 8.19. The molecule has 21 heavy (non-hydrogen) atoms. The zero-order valence-corrected chi connectivity index (χ0v) is 13.2. The van der Waals surface area contributed by atoms with Crippen LogP contribution >= 0.6 is 0 Å².